The molecule has 1 aliphatic rings. The molecule has 2 atom stereocenters. The Hall–Kier alpha value is -0.860. The van der Waals surface area contributed by atoms with E-state index in [4.69, 9.17) is 4.74 Å². The second kappa shape index (κ2) is 5.46. The van der Waals surface area contributed by atoms with Gasteiger partial charge in [0, 0.05) is 6.04 Å². The van der Waals surface area contributed by atoms with Crippen LogP contribution in [0.5, 0.6) is 0 Å². The average molecular weight is 219 g/mol. The third-order valence-corrected chi connectivity index (χ3v) is 3.35. The van der Waals surface area contributed by atoms with Crippen molar-refractivity contribution in [2.45, 2.75) is 38.3 Å². The van der Waals surface area contributed by atoms with E-state index in [0.717, 1.165) is 13.0 Å². The molecule has 0 aliphatic heterocycles. The Bertz CT molecular complexity index is 337. The van der Waals surface area contributed by atoms with E-state index in [-0.39, 0.29) is 0 Å². The summed E-state index contributed by atoms with van der Waals surface area (Å²) >= 11 is 0. The summed E-state index contributed by atoms with van der Waals surface area (Å²) in [6.45, 7) is 2.93. The van der Waals surface area contributed by atoms with Crippen LogP contribution in [0.4, 0.5) is 0 Å². The van der Waals surface area contributed by atoms with Crippen molar-refractivity contribution in [3.05, 3.63) is 35.4 Å². The van der Waals surface area contributed by atoms with Crippen LogP contribution in [0.2, 0.25) is 0 Å². The fourth-order valence-electron chi connectivity index (χ4n) is 2.23. The third kappa shape index (κ3) is 2.63. The summed E-state index contributed by atoms with van der Waals surface area (Å²) < 4.78 is 6.00. The first-order chi connectivity index (χ1) is 7.81. The van der Waals surface area contributed by atoms with Crippen LogP contribution in [0.1, 0.15) is 37.0 Å². The highest BCUT2D eigenvalue weighted by molar-refractivity contribution is 5.31. The molecule has 0 fully saturated rings. The van der Waals surface area contributed by atoms with Gasteiger partial charge in [-0.2, -0.15) is 0 Å². The number of hydrogen-bond acceptors (Lipinski definition) is 2. The molecule has 2 unspecified atom stereocenters. The van der Waals surface area contributed by atoms with Crippen LogP contribution in [-0.2, 0) is 11.2 Å². The second-order valence-corrected chi connectivity index (χ2v) is 4.60. The molecule has 2 heteroatoms. The molecule has 1 aromatic rings. The molecular formula is C14H21NO. The lowest BCUT2D eigenvalue weighted by Crippen LogP contribution is -2.28. The monoisotopic (exact) mass is 219 g/mol. The van der Waals surface area contributed by atoms with E-state index in [1.54, 1.807) is 0 Å². The molecule has 0 heterocycles. The highest BCUT2D eigenvalue weighted by Crippen LogP contribution is 2.32. The number of benzene rings is 1. The molecule has 16 heavy (non-hydrogen) atoms. The van der Waals surface area contributed by atoms with E-state index in [1.165, 1.54) is 24.0 Å². The summed E-state index contributed by atoms with van der Waals surface area (Å²) in [6.07, 6.45) is 3.92. The second-order valence-electron chi connectivity index (χ2n) is 4.60. The van der Waals surface area contributed by atoms with Crippen molar-refractivity contribution in [1.82, 2.24) is 5.32 Å². The quantitative estimate of drug-likeness (QED) is 0.840. The van der Waals surface area contributed by atoms with Crippen molar-refractivity contribution < 1.29 is 4.74 Å². The van der Waals surface area contributed by atoms with Gasteiger partial charge in [-0.05, 0) is 44.4 Å². The zero-order valence-corrected chi connectivity index (χ0v) is 10.2. The Labute approximate surface area is 98.0 Å². The minimum absolute atomic E-state index is 0.306. The maximum Gasteiger partial charge on any atom is 0.0828 e. The molecule has 0 spiro atoms. The van der Waals surface area contributed by atoms with Gasteiger partial charge in [0.1, 0.15) is 0 Å². The number of rotatable bonds is 4. The van der Waals surface area contributed by atoms with Crippen LogP contribution in [0.15, 0.2) is 24.3 Å². The number of nitrogens with one attached hydrogen (secondary N) is 1. The van der Waals surface area contributed by atoms with E-state index >= 15 is 0 Å². The van der Waals surface area contributed by atoms with Gasteiger partial charge in [-0.1, -0.05) is 24.3 Å². The summed E-state index contributed by atoms with van der Waals surface area (Å²) in [4.78, 5) is 0. The van der Waals surface area contributed by atoms with Crippen LogP contribution >= 0.6 is 0 Å². The molecule has 0 amide bonds. The Kier molecular flexibility index (Phi) is 3.97. The fraction of sp³-hybridized carbons (Fsp3) is 0.571. The van der Waals surface area contributed by atoms with E-state index in [2.05, 4.69) is 36.5 Å². The van der Waals surface area contributed by atoms with Gasteiger partial charge in [-0.25, -0.2) is 0 Å². The normalized spacial score (nSPS) is 21.5. The molecule has 1 aromatic carbocycles. The summed E-state index contributed by atoms with van der Waals surface area (Å²) in [5.41, 5.74) is 2.87. The summed E-state index contributed by atoms with van der Waals surface area (Å²) in [6, 6.07) is 9.10. The molecule has 88 valence electrons. The lowest BCUT2D eigenvalue weighted by atomic mass is 9.89. The van der Waals surface area contributed by atoms with Crippen LogP contribution in [-0.4, -0.2) is 19.7 Å². The van der Waals surface area contributed by atoms with Crippen molar-refractivity contribution in [2.75, 3.05) is 13.7 Å². The predicted octanol–water partition coefficient (Wildman–Crippen LogP) is 2.69. The third-order valence-electron chi connectivity index (χ3n) is 3.35. The van der Waals surface area contributed by atoms with Crippen LogP contribution in [0.25, 0.3) is 0 Å². The van der Waals surface area contributed by atoms with Gasteiger partial charge in [0.05, 0.1) is 12.7 Å². The van der Waals surface area contributed by atoms with Crippen molar-refractivity contribution in [1.29, 1.82) is 0 Å². The topological polar surface area (TPSA) is 21.3 Å². The smallest absolute Gasteiger partial charge is 0.0828 e. The maximum atomic E-state index is 6.00. The van der Waals surface area contributed by atoms with Gasteiger partial charge in [-0.15, -0.1) is 0 Å². The van der Waals surface area contributed by atoms with Gasteiger partial charge in [0.2, 0.25) is 0 Å². The molecular weight excluding hydrogens is 198 g/mol. The van der Waals surface area contributed by atoms with Gasteiger partial charge >= 0.3 is 0 Å². The van der Waals surface area contributed by atoms with Gasteiger partial charge in [0.15, 0.2) is 0 Å². The summed E-state index contributed by atoms with van der Waals surface area (Å²) in [7, 11) is 1.98. The van der Waals surface area contributed by atoms with Crippen LogP contribution < -0.4 is 5.32 Å². The highest BCUT2D eigenvalue weighted by Gasteiger charge is 2.20. The summed E-state index contributed by atoms with van der Waals surface area (Å²) in [5, 5.41) is 3.20. The SMILES string of the molecule is CNC(C)COC1CCCc2ccccc21. The zero-order chi connectivity index (χ0) is 11.4. The molecule has 0 aromatic heterocycles. The Morgan fingerprint density at radius 1 is 1.44 bits per heavy atom. The average Bonchev–Trinajstić information content (AvgIpc) is 2.35. The standard InChI is InChI=1S/C14H21NO/c1-11(15-2)10-16-14-9-5-7-12-6-3-4-8-13(12)14/h3-4,6,8,11,14-15H,5,7,9-10H2,1-2H3. The van der Waals surface area contributed by atoms with E-state index < -0.39 is 0 Å². The number of likely N-dealkylation sites (N-methyl/N-ethyl adjacent to an activating group) is 1. The first-order valence-corrected chi connectivity index (χ1v) is 6.18. The maximum absolute atomic E-state index is 6.00. The van der Waals surface area contributed by atoms with Gasteiger partial charge in [-0.3, -0.25) is 0 Å². The Morgan fingerprint density at radius 3 is 3.06 bits per heavy atom. The molecule has 0 radical (unpaired) electrons. The summed E-state index contributed by atoms with van der Waals surface area (Å²) in [5.74, 6) is 0. The number of ether oxygens (including phenoxy) is 1. The zero-order valence-electron chi connectivity index (χ0n) is 10.2. The molecule has 0 saturated heterocycles. The van der Waals surface area contributed by atoms with E-state index in [1.807, 2.05) is 7.05 Å². The fourth-order valence-corrected chi connectivity index (χ4v) is 2.23. The minimum atomic E-state index is 0.306. The molecule has 2 nitrogen and oxygen atoms in total. The molecule has 0 saturated carbocycles. The Morgan fingerprint density at radius 2 is 2.25 bits per heavy atom. The van der Waals surface area contributed by atoms with E-state index in [9.17, 15) is 0 Å². The molecule has 0 bridgehead atoms. The lowest BCUT2D eigenvalue weighted by molar-refractivity contribution is 0.0303. The van der Waals surface area contributed by atoms with Gasteiger partial charge in [0.25, 0.3) is 0 Å². The van der Waals surface area contributed by atoms with Gasteiger partial charge < -0.3 is 10.1 Å². The predicted molar refractivity (Wildman–Crippen MR) is 66.6 cm³/mol. The Balaban J connectivity index is 2.01. The van der Waals surface area contributed by atoms with E-state index in [0.29, 0.717) is 12.1 Å². The number of fused-ring (bicyclic) bond motifs is 1. The number of hydrogen-bond donors (Lipinski definition) is 1. The number of aryl methyl sites for hydroxylation is 1. The van der Waals surface area contributed by atoms with Crippen LogP contribution in [0, 0.1) is 0 Å². The first kappa shape index (κ1) is 11.6. The first-order valence-electron chi connectivity index (χ1n) is 6.18. The molecule has 2 rings (SSSR count). The van der Waals surface area contributed by atoms with Crippen molar-refractivity contribution in [3.8, 4) is 0 Å². The largest absolute Gasteiger partial charge is 0.372 e. The lowest BCUT2D eigenvalue weighted by Gasteiger charge is -2.26. The van der Waals surface area contributed by atoms with Crippen LogP contribution in [0.3, 0.4) is 0 Å². The van der Waals surface area contributed by atoms with Crippen molar-refractivity contribution in [2.24, 2.45) is 0 Å². The van der Waals surface area contributed by atoms with Crippen molar-refractivity contribution in [3.63, 3.8) is 0 Å². The molecule has 1 N–H and O–H groups in total. The highest BCUT2D eigenvalue weighted by atomic mass is 16.5. The minimum Gasteiger partial charge on any atom is -0.372 e. The van der Waals surface area contributed by atoms with Crippen molar-refractivity contribution >= 4 is 0 Å². The molecule has 1 aliphatic carbocycles.